The number of hydrogen-bond donors (Lipinski definition) is 1. The number of nitrogens with zero attached hydrogens (tertiary/aromatic N) is 1. The lowest BCUT2D eigenvalue weighted by atomic mass is 9.68. The molecule has 44 valence electrons. The first-order chi connectivity index (χ1) is 3.66. The Morgan fingerprint density at radius 3 is 2.38 bits per heavy atom. The Balaban J connectivity index is 2.44. The lowest BCUT2D eigenvalue weighted by Crippen LogP contribution is -2.43. The summed E-state index contributed by atoms with van der Waals surface area (Å²) in [6, 6.07) is 2.52. The molecule has 2 N–H and O–H groups in total. The topological polar surface area (TPSA) is 49.8 Å². The molecule has 0 aromatic rings. The van der Waals surface area contributed by atoms with Gasteiger partial charge in [0.15, 0.2) is 0 Å². The van der Waals surface area contributed by atoms with E-state index < -0.39 is 0 Å². The molecule has 1 fully saturated rings. The number of nitrogens with two attached hydrogens (primary N) is 1. The molecule has 0 radical (unpaired) electrons. The van der Waals surface area contributed by atoms with Crippen LogP contribution in [-0.4, -0.2) is 6.04 Å². The zero-order chi connectivity index (χ0) is 6.20. The first-order valence-electron chi connectivity index (χ1n) is 2.83. The molecular weight excluding hydrogens is 100 g/mol. The van der Waals surface area contributed by atoms with Gasteiger partial charge >= 0.3 is 0 Å². The van der Waals surface area contributed by atoms with Crippen molar-refractivity contribution in [2.24, 2.45) is 11.1 Å². The fourth-order valence-electron chi connectivity index (χ4n) is 1.19. The number of rotatable bonds is 0. The normalized spacial score (nSPS) is 44.9. The van der Waals surface area contributed by atoms with Crippen LogP contribution in [-0.2, 0) is 0 Å². The third-order valence-electron chi connectivity index (χ3n) is 1.70. The van der Waals surface area contributed by atoms with E-state index in [9.17, 15) is 0 Å². The maximum absolute atomic E-state index is 8.46. The minimum absolute atomic E-state index is 0.0839. The van der Waals surface area contributed by atoms with E-state index in [1.165, 1.54) is 0 Å². The summed E-state index contributed by atoms with van der Waals surface area (Å²) in [4.78, 5) is 0. The summed E-state index contributed by atoms with van der Waals surface area (Å²) in [6.45, 7) is 1.95. The first-order valence-corrected chi connectivity index (χ1v) is 2.83. The van der Waals surface area contributed by atoms with Gasteiger partial charge in [-0.1, -0.05) is 0 Å². The van der Waals surface area contributed by atoms with Crippen molar-refractivity contribution < 1.29 is 0 Å². The number of hydrogen-bond acceptors (Lipinski definition) is 2. The van der Waals surface area contributed by atoms with Crippen molar-refractivity contribution in [3.63, 3.8) is 0 Å². The van der Waals surface area contributed by atoms with Crippen molar-refractivity contribution >= 4 is 0 Å². The Labute approximate surface area is 49.3 Å². The highest BCUT2D eigenvalue weighted by Gasteiger charge is 2.37. The smallest absolute Gasteiger partial charge is 0.0688 e. The third-order valence-corrected chi connectivity index (χ3v) is 1.70. The van der Waals surface area contributed by atoms with Crippen LogP contribution < -0.4 is 5.73 Å². The Hall–Kier alpha value is -0.550. The van der Waals surface area contributed by atoms with Crippen molar-refractivity contribution in [3.05, 3.63) is 0 Å². The van der Waals surface area contributed by atoms with Gasteiger partial charge in [-0.15, -0.1) is 0 Å². The quantitative estimate of drug-likeness (QED) is 0.497. The second-order valence-electron chi connectivity index (χ2n) is 2.84. The molecule has 2 nitrogen and oxygen atoms in total. The largest absolute Gasteiger partial charge is 0.328 e. The molecule has 1 aliphatic rings. The average Bonchev–Trinajstić information content (AvgIpc) is 1.63. The van der Waals surface area contributed by atoms with Crippen molar-refractivity contribution in [1.82, 2.24) is 0 Å². The predicted octanol–water partition coefficient (Wildman–Crippen LogP) is 0.637. The molecule has 0 amide bonds. The van der Waals surface area contributed by atoms with Crippen molar-refractivity contribution in [2.45, 2.75) is 25.8 Å². The molecule has 0 aliphatic heterocycles. The fourth-order valence-corrected chi connectivity index (χ4v) is 1.19. The van der Waals surface area contributed by atoms with Crippen LogP contribution in [0.15, 0.2) is 0 Å². The van der Waals surface area contributed by atoms with Crippen LogP contribution in [0.5, 0.6) is 0 Å². The van der Waals surface area contributed by atoms with Crippen LogP contribution in [0.1, 0.15) is 19.8 Å². The highest BCUT2D eigenvalue weighted by Crippen LogP contribution is 2.38. The summed E-state index contributed by atoms with van der Waals surface area (Å²) in [5.41, 5.74) is 5.39. The van der Waals surface area contributed by atoms with Gasteiger partial charge in [0.1, 0.15) is 0 Å². The summed E-state index contributed by atoms with van der Waals surface area (Å²) < 4.78 is 0. The number of nitriles is 1. The average molecular weight is 110 g/mol. The van der Waals surface area contributed by atoms with Gasteiger partial charge in [0, 0.05) is 6.04 Å². The molecule has 0 unspecified atom stereocenters. The van der Waals surface area contributed by atoms with E-state index in [1.807, 2.05) is 6.92 Å². The van der Waals surface area contributed by atoms with E-state index in [0.29, 0.717) is 6.04 Å². The molecule has 1 aliphatic carbocycles. The SMILES string of the molecule is C[C@]1(C#N)C[C@H](N)C1. The van der Waals surface area contributed by atoms with Crippen LogP contribution >= 0.6 is 0 Å². The maximum atomic E-state index is 8.46. The third kappa shape index (κ3) is 0.696. The van der Waals surface area contributed by atoms with Gasteiger partial charge in [-0.2, -0.15) is 5.26 Å². The Bertz CT molecular complexity index is 128. The monoisotopic (exact) mass is 110 g/mol. The Kier molecular flexibility index (Phi) is 1.02. The summed E-state index contributed by atoms with van der Waals surface area (Å²) in [5, 5.41) is 8.46. The highest BCUT2D eigenvalue weighted by atomic mass is 14.7. The maximum Gasteiger partial charge on any atom is 0.0688 e. The molecule has 0 saturated heterocycles. The van der Waals surface area contributed by atoms with E-state index in [4.69, 9.17) is 11.0 Å². The van der Waals surface area contributed by atoms with Crippen LogP contribution in [0.25, 0.3) is 0 Å². The van der Waals surface area contributed by atoms with Crippen LogP contribution in [0, 0.1) is 16.7 Å². The fraction of sp³-hybridized carbons (Fsp3) is 0.833. The predicted molar refractivity (Wildman–Crippen MR) is 30.9 cm³/mol. The summed E-state index contributed by atoms with van der Waals surface area (Å²) in [6.07, 6.45) is 1.76. The van der Waals surface area contributed by atoms with E-state index in [0.717, 1.165) is 12.8 Å². The molecular formula is C6H10N2. The summed E-state index contributed by atoms with van der Waals surface area (Å²) in [7, 11) is 0. The molecule has 0 aromatic carbocycles. The van der Waals surface area contributed by atoms with Gasteiger partial charge in [-0.3, -0.25) is 0 Å². The van der Waals surface area contributed by atoms with Gasteiger partial charge in [-0.25, -0.2) is 0 Å². The minimum Gasteiger partial charge on any atom is -0.328 e. The molecule has 0 spiro atoms. The molecule has 0 bridgehead atoms. The molecule has 0 aromatic heterocycles. The lowest BCUT2D eigenvalue weighted by Gasteiger charge is -2.37. The van der Waals surface area contributed by atoms with Crippen LogP contribution in [0.2, 0.25) is 0 Å². The van der Waals surface area contributed by atoms with Gasteiger partial charge in [0.2, 0.25) is 0 Å². The van der Waals surface area contributed by atoms with Gasteiger partial charge in [-0.05, 0) is 19.8 Å². The van der Waals surface area contributed by atoms with Crippen molar-refractivity contribution in [2.75, 3.05) is 0 Å². The Morgan fingerprint density at radius 1 is 1.75 bits per heavy atom. The van der Waals surface area contributed by atoms with Gasteiger partial charge in [0.25, 0.3) is 0 Å². The zero-order valence-electron chi connectivity index (χ0n) is 5.02. The molecule has 0 atom stereocenters. The second kappa shape index (κ2) is 1.46. The molecule has 1 saturated carbocycles. The molecule has 2 heteroatoms. The van der Waals surface area contributed by atoms with Gasteiger partial charge < -0.3 is 5.73 Å². The first kappa shape index (κ1) is 5.58. The molecule has 1 rings (SSSR count). The van der Waals surface area contributed by atoms with E-state index in [1.54, 1.807) is 0 Å². The molecule has 8 heavy (non-hydrogen) atoms. The van der Waals surface area contributed by atoms with Crippen LogP contribution in [0.4, 0.5) is 0 Å². The minimum atomic E-state index is -0.0839. The Morgan fingerprint density at radius 2 is 2.25 bits per heavy atom. The van der Waals surface area contributed by atoms with E-state index >= 15 is 0 Å². The van der Waals surface area contributed by atoms with Gasteiger partial charge in [0.05, 0.1) is 11.5 Å². The van der Waals surface area contributed by atoms with Crippen molar-refractivity contribution in [3.8, 4) is 6.07 Å². The van der Waals surface area contributed by atoms with E-state index in [2.05, 4.69) is 6.07 Å². The molecule has 0 heterocycles. The van der Waals surface area contributed by atoms with Crippen LogP contribution in [0.3, 0.4) is 0 Å². The lowest BCUT2D eigenvalue weighted by molar-refractivity contribution is 0.202. The van der Waals surface area contributed by atoms with E-state index in [-0.39, 0.29) is 5.41 Å². The standard InChI is InChI=1S/C6H10N2/c1-6(4-7)2-5(8)3-6/h5H,2-3,8H2,1H3/t5-,6-. The summed E-state index contributed by atoms with van der Waals surface area (Å²) in [5.74, 6) is 0. The van der Waals surface area contributed by atoms with Crippen molar-refractivity contribution in [1.29, 1.82) is 5.26 Å². The highest BCUT2D eigenvalue weighted by molar-refractivity contribution is 5.06. The second-order valence-corrected chi connectivity index (χ2v) is 2.84. The summed E-state index contributed by atoms with van der Waals surface area (Å²) >= 11 is 0. The zero-order valence-corrected chi connectivity index (χ0v) is 5.02.